The molecule has 17 heavy (non-hydrogen) atoms. The zero-order chi connectivity index (χ0) is 12.4. The molecule has 3 unspecified atom stereocenters. The van der Waals surface area contributed by atoms with E-state index in [4.69, 9.17) is 17.3 Å². The monoisotopic (exact) mass is 273 g/mol. The van der Waals surface area contributed by atoms with E-state index in [0.717, 1.165) is 16.2 Å². The van der Waals surface area contributed by atoms with Crippen molar-refractivity contribution in [1.82, 2.24) is 4.90 Å². The smallest absolute Gasteiger partial charge is 0.304 e. The van der Waals surface area contributed by atoms with Gasteiger partial charge in [-0.15, -0.1) is 0 Å². The van der Waals surface area contributed by atoms with Crippen molar-refractivity contribution in [2.45, 2.75) is 38.1 Å². The normalized spacial score (nSPS) is 30.5. The summed E-state index contributed by atoms with van der Waals surface area (Å²) >= 11 is 6.88. The van der Waals surface area contributed by atoms with Crippen LogP contribution in [0.2, 0.25) is 0 Å². The first kappa shape index (κ1) is 13.1. The van der Waals surface area contributed by atoms with Crippen LogP contribution < -0.4 is 0 Å². The lowest BCUT2D eigenvalue weighted by atomic mass is 9.95. The number of hydrogen-bond donors (Lipinski definition) is 1. The molecule has 0 spiro atoms. The second-order valence-corrected chi connectivity index (χ2v) is 6.84. The molecule has 0 heterocycles. The maximum Gasteiger partial charge on any atom is 0.304 e. The topological polar surface area (TPSA) is 40.5 Å². The highest BCUT2D eigenvalue weighted by atomic mass is 32.2. The van der Waals surface area contributed by atoms with Gasteiger partial charge in [0.1, 0.15) is 4.32 Å². The Morgan fingerprint density at radius 3 is 2.76 bits per heavy atom. The molecule has 2 rings (SSSR count). The van der Waals surface area contributed by atoms with E-state index in [-0.39, 0.29) is 6.42 Å². The van der Waals surface area contributed by atoms with Gasteiger partial charge in [-0.25, -0.2) is 0 Å². The fourth-order valence-corrected chi connectivity index (χ4v) is 4.32. The molecule has 5 heteroatoms. The van der Waals surface area contributed by atoms with Gasteiger partial charge in [0.25, 0.3) is 0 Å². The Bertz CT molecular complexity index is 322. The summed E-state index contributed by atoms with van der Waals surface area (Å²) in [6, 6.07) is 0.610. The van der Waals surface area contributed by atoms with E-state index in [9.17, 15) is 4.79 Å². The molecule has 2 saturated carbocycles. The van der Waals surface area contributed by atoms with Crippen LogP contribution >= 0.6 is 24.0 Å². The van der Waals surface area contributed by atoms with Crippen LogP contribution in [0.5, 0.6) is 0 Å². The van der Waals surface area contributed by atoms with Crippen LogP contribution in [0, 0.1) is 11.8 Å². The maximum atomic E-state index is 10.4. The number of carboxylic acids is 1. The summed E-state index contributed by atoms with van der Waals surface area (Å²) in [5.41, 5.74) is 0. The summed E-state index contributed by atoms with van der Waals surface area (Å²) in [6.07, 6.45) is 5.59. The molecule has 0 aromatic carbocycles. The van der Waals surface area contributed by atoms with Crippen molar-refractivity contribution in [1.29, 1.82) is 0 Å². The molecule has 1 N–H and O–H groups in total. The lowest BCUT2D eigenvalue weighted by Crippen LogP contribution is -2.38. The van der Waals surface area contributed by atoms with E-state index in [0.29, 0.717) is 11.8 Å². The van der Waals surface area contributed by atoms with E-state index in [1.807, 2.05) is 0 Å². The Kier molecular flexibility index (Phi) is 4.31. The van der Waals surface area contributed by atoms with Crippen LogP contribution in [0.3, 0.4) is 0 Å². The molecule has 0 aromatic rings. The van der Waals surface area contributed by atoms with Gasteiger partial charge in [-0.3, -0.25) is 4.79 Å². The lowest BCUT2D eigenvalue weighted by molar-refractivity contribution is -0.136. The van der Waals surface area contributed by atoms with E-state index < -0.39 is 5.97 Å². The molecule has 3 atom stereocenters. The molecule has 2 aliphatic carbocycles. The number of hydrogen-bond acceptors (Lipinski definition) is 3. The van der Waals surface area contributed by atoms with Crippen molar-refractivity contribution in [3.05, 3.63) is 0 Å². The molecular formula is C12H19NO2S2. The SMILES string of the molecule is CN(C(=S)SCCC(=O)O)C1CC2CCC1C2. The number of carbonyl (C=O) groups is 1. The van der Waals surface area contributed by atoms with Crippen LogP contribution in [-0.4, -0.2) is 39.1 Å². The number of nitrogens with zero attached hydrogens (tertiary/aromatic N) is 1. The van der Waals surface area contributed by atoms with Gasteiger partial charge in [0, 0.05) is 18.8 Å². The fraction of sp³-hybridized carbons (Fsp3) is 0.833. The molecule has 3 nitrogen and oxygen atoms in total. The van der Waals surface area contributed by atoms with Crippen LogP contribution in [0.1, 0.15) is 32.1 Å². The van der Waals surface area contributed by atoms with Crippen molar-refractivity contribution in [3.63, 3.8) is 0 Å². The Morgan fingerprint density at radius 1 is 1.47 bits per heavy atom. The molecule has 0 amide bonds. The van der Waals surface area contributed by atoms with Crippen LogP contribution in [-0.2, 0) is 4.79 Å². The molecule has 0 aliphatic heterocycles. The zero-order valence-electron chi connectivity index (χ0n) is 10.1. The van der Waals surface area contributed by atoms with Gasteiger partial charge >= 0.3 is 5.97 Å². The second kappa shape index (κ2) is 5.57. The largest absolute Gasteiger partial charge is 0.481 e. The van der Waals surface area contributed by atoms with Gasteiger partial charge in [-0.1, -0.05) is 30.4 Å². The van der Waals surface area contributed by atoms with Crippen LogP contribution in [0.25, 0.3) is 0 Å². The zero-order valence-corrected chi connectivity index (χ0v) is 11.7. The summed E-state index contributed by atoms with van der Waals surface area (Å²) in [5.74, 6) is 1.57. The summed E-state index contributed by atoms with van der Waals surface area (Å²) in [4.78, 5) is 12.7. The van der Waals surface area contributed by atoms with Gasteiger partial charge in [0.2, 0.25) is 0 Å². The number of thioether (sulfide) groups is 1. The number of carboxylic acid groups (broad SMARTS) is 1. The maximum absolute atomic E-state index is 10.4. The van der Waals surface area contributed by atoms with Gasteiger partial charge in [0.15, 0.2) is 0 Å². The Labute approximate surface area is 112 Å². The molecular weight excluding hydrogens is 254 g/mol. The Morgan fingerprint density at radius 2 is 2.24 bits per heavy atom. The average molecular weight is 273 g/mol. The van der Waals surface area contributed by atoms with Gasteiger partial charge in [-0.2, -0.15) is 0 Å². The minimum atomic E-state index is -0.747. The summed E-state index contributed by atoms with van der Waals surface area (Å²) in [7, 11) is 2.07. The third-order valence-electron chi connectivity index (χ3n) is 4.03. The summed E-state index contributed by atoms with van der Waals surface area (Å²) in [5, 5.41) is 8.59. The number of aliphatic carboxylic acids is 1. The quantitative estimate of drug-likeness (QED) is 0.797. The van der Waals surface area contributed by atoms with Crippen molar-refractivity contribution in [3.8, 4) is 0 Å². The van der Waals surface area contributed by atoms with Gasteiger partial charge in [-0.05, 0) is 31.1 Å². The average Bonchev–Trinajstić information content (AvgIpc) is 2.88. The van der Waals surface area contributed by atoms with Crippen molar-refractivity contribution in [2.24, 2.45) is 11.8 Å². The number of rotatable bonds is 4. The molecule has 0 saturated heterocycles. The van der Waals surface area contributed by atoms with Crippen molar-refractivity contribution in [2.75, 3.05) is 12.8 Å². The van der Waals surface area contributed by atoms with Crippen molar-refractivity contribution < 1.29 is 9.90 Å². The molecule has 2 aliphatic rings. The molecule has 0 aromatic heterocycles. The van der Waals surface area contributed by atoms with Crippen molar-refractivity contribution >= 4 is 34.3 Å². The third kappa shape index (κ3) is 3.13. The van der Waals surface area contributed by atoms with E-state index >= 15 is 0 Å². The number of fused-ring (bicyclic) bond motifs is 2. The summed E-state index contributed by atoms with van der Waals surface area (Å²) < 4.78 is 0.865. The first-order chi connectivity index (χ1) is 8.08. The molecule has 2 bridgehead atoms. The second-order valence-electron chi connectivity index (χ2n) is 5.11. The van der Waals surface area contributed by atoms with E-state index in [1.165, 1.54) is 37.4 Å². The van der Waals surface area contributed by atoms with Gasteiger partial charge in [0.05, 0.1) is 6.42 Å². The third-order valence-corrected chi connectivity index (χ3v) is 5.61. The first-order valence-corrected chi connectivity index (χ1v) is 7.58. The Balaban J connectivity index is 1.77. The summed E-state index contributed by atoms with van der Waals surface area (Å²) in [6.45, 7) is 0. The van der Waals surface area contributed by atoms with E-state index in [2.05, 4.69) is 11.9 Å². The highest BCUT2D eigenvalue weighted by Crippen LogP contribution is 2.46. The molecule has 0 radical (unpaired) electrons. The predicted molar refractivity (Wildman–Crippen MR) is 74.3 cm³/mol. The minimum absolute atomic E-state index is 0.190. The standard InChI is InChI=1S/C12H19NO2S2/c1-13(12(16)17-5-4-11(14)15)10-7-8-2-3-9(10)6-8/h8-10H,2-7H2,1H3,(H,14,15). The minimum Gasteiger partial charge on any atom is -0.481 e. The van der Waals surface area contributed by atoms with Crippen LogP contribution in [0.4, 0.5) is 0 Å². The predicted octanol–water partition coefficient (Wildman–Crippen LogP) is 2.60. The highest BCUT2D eigenvalue weighted by Gasteiger charge is 2.41. The Hall–Kier alpha value is -0.290. The number of thiocarbonyl (C=S) groups is 1. The fourth-order valence-electron chi connectivity index (χ4n) is 3.15. The first-order valence-electron chi connectivity index (χ1n) is 6.19. The van der Waals surface area contributed by atoms with Crippen LogP contribution in [0.15, 0.2) is 0 Å². The molecule has 96 valence electrons. The lowest BCUT2D eigenvalue weighted by Gasteiger charge is -2.33. The van der Waals surface area contributed by atoms with Gasteiger partial charge < -0.3 is 10.0 Å². The highest BCUT2D eigenvalue weighted by molar-refractivity contribution is 8.22. The van der Waals surface area contributed by atoms with E-state index in [1.54, 1.807) is 0 Å². The molecule has 2 fully saturated rings.